The lowest BCUT2D eigenvalue weighted by Gasteiger charge is -2.38. The maximum Gasteiger partial charge on any atom is 0.237 e. The SMILES string of the molecule is CC(N)CC(C)C(N)C(=O)NC(C)CC(C)C(NC(=O)C(C)N)C(C)(C)C. The Morgan fingerprint density at radius 1 is 0.815 bits per heavy atom. The highest BCUT2D eigenvalue weighted by molar-refractivity contribution is 5.82. The van der Waals surface area contributed by atoms with Crippen molar-refractivity contribution in [1.29, 1.82) is 0 Å². The zero-order valence-electron chi connectivity index (χ0n) is 18.5. The van der Waals surface area contributed by atoms with E-state index in [0.29, 0.717) is 6.42 Å². The van der Waals surface area contributed by atoms with E-state index in [4.69, 9.17) is 17.2 Å². The summed E-state index contributed by atoms with van der Waals surface area (Å²) in [5, 5.41) is 6.07. The van der Waals surface area contributed by atoms with E-state index in [0.717, 1.165) is 6.42 Å². The molecule has 0 bridgehead atoms. The molecule has 0 aliphatic rings. The first-order valence-electron chi connectivity index (χ1n) is 10.0. The molecule has 160 valence electrons. The van der Waals surface area contributed by atoms with E-state index in [1.807, 2.05) is 20.8 Å². The fourth-order valence-electron chi connectivity index (χ4n) is 3.58. The molecular weight excluding hydrogens is 342 g/mol. The summed E-state index contributed by atoms with van der Waals surface area (Å²) in [5.74, 6) is -0.150. The maximum atomic E-state index is 12.4. The Balaban J connectivity index is 4.86. The maximum absolute atomic E-state index is 12.4. The van der Waals surface area contributed by atoms with Crippen LogP contribution in [0.4, 0.5) is 0 Å². The van der Waals surface area contributed by atoms with Crippen LogP contribution in [-0.2, 0) is 9.59 Å². The van der Waals surface area contributed by atoms with Gasteiger partial charge < -0.3 is 27.8 Å². The summed E-state index contributed by atoms with van der Waals surface area (Å²) in [5.41, 5.74) is 17.5. The largest absolute Gasteiger partial charge is 0.352 e. The van der Waals surface area contributed by atoms with Crippen LogP contribution in [-0.4, -0.2) is 42.0 Å². The lowest BCUT2D eigenvalue weighted by molar-refractivity contribution is -0.125. The normalized spacial score (nSPS) is 20.0. The smallest absolute Gasteiger partial charge is 0.237 e. The van der Waals surface area contributed by atoms with Gasteiger partial charge in [0, 0.05) is 18.1 Å². The van der Waals surface area contributed by atoms with Crippen molar-refractivity contribution in [2.45, 2.75) is 98.4 Å². The van der Waals surface area contributed by atoms with Crippen LogP contribution in [0.1, 0.15) is 68.2 Å². The van der Waals surface area contributed by atoms with Crippen molar-refractivity contribution < 1.29 is 9.59 Å². The predicted octanol–water partition coefficient (Wildman–Crippen LogP) is 1.10. The molecule has 0 aromatic rings. The van der Waals surface area contributed by atoms with Gasteiger partial charge >= 0.3 is 0 Å². The molecule has 27 heavy (non-hydrogen) atoms. The predicted molar refractivity (Wildman–Crippen MR) is 112 cm³/mol. The average molecular weight is 386 g/mol. The number of hydrogen-bond acceptors (Lipinski definition) is 5. The van der Waals surface area contributed by atoms with Crippen LogP contribution in [0.2, 0.25) is 0 Å². The molecule has 7 atom stereocenters. The highest BCUT2D eigenvalue weighted by atomic mass is 16.2. The van der Waals surface area contributed by atoms with Crippen LogP contribution in [0.5, 0.6) is 0 Å². The van der Waals surface area contributed by atoms with Crippen LogP contribution in [0.3, 0.4) is 0 Å². The van der Waals surface area contributed by atoms with Gasteiger partial charge in [-0.25, -0.2) is 0 Å². The summed E-state index contributed by atoms with van der Waals surface area (Å²) in [6.07, 6.45) is 1.43. The van der Waals surface area contributed by atoms with Gasteiger partial charge in [-0.05, 0) is 50.9 Å². The van der Waals surface area contributed by atoms with Crippen molar-refractivity contribution in [2.75, 3.05) is 0 Å². The Morgan fingerprint density at radius 3 is 1.74 bits per heavy atom. The molecule has 0 radical (unpaired) electrons. The third kappa shape index (κ3) is 9.53. The van der Waals surface area contributed by atoms with Crippen molar-refractivity contribution >= 4 is 11.8 Å². The second-order valence-electron chi connectivity index (χ2n) is 9.48. The standard InChI is InChI=1S/C20H43N5O2/c1-11(9-13(3)21)16(23)19(27)24-14(4)10-12(2)17(20(6,7)8)25-18(26)15(5)22/h11-17H,9-10,21-23H2,1-8H3,(H,24,27)(H,25,26). The minimum absolute atomic E-state index is 0.0115. The summed E-state index contributed by atoms with van der Waals surface area (Å²) >= 11 is 0. The molecule has 7 unspecified atom stereocenters. The Kier molecular flexibility index (Phi) is 10.5. The molecule has 8 N–H and O–H groups in total. The molecule has 0 saturated carbocycles. The number of nitrogens with one attached hydrogen (secondary N) is 2. The first-order valence-corrected chi connectivity index (χ1v) is 10.0. The topological polar surface area (TPSA) is 136 Å². The van der Waals surface area contributed by atoms with Crippen LogP contribution >= 0.6 is 0 Å². The van der Waals surface area contributed by atoms with Crippen molar-refractivity contribution in [3.05, 3.63) is 0 Å². The molecule has 0 heterocycles. The van der Waals surface area contributed by atoms with Gasteiger partial charge in [-0.2, -0.15) is 0 Å². The summed E-state index contributed by atoms with van der Waals surface area (Å²) in [4.78, 5) is 24.5. The fourth-order valence-corrected chi connectivity index (χ4v) is 3.58. The van der Waals surface area contributed by atoms with Crippen molar-refractivity contribution in [3.63, 3.8) is 0 Å². The number of carbonyl (C=O) groups excluding carboxylic acids is 2. The van der Waals surface area contributed by atoms with E-state index in [2.05, 4.69) is 38.3 Å². The molecule has 0 aliphatic carbocycles. The monoisotopic (exact) mass is 385 g/mol. The van der Waals surface area contributed by atoms with Gasteiger partial charge in [0.15, 0.2) is 0 Å². The molecular formula is C20H43N5O2. The number of hydrogen-bond donors (Lipinski definition) is 5. The minimum Gasteiger partial charge on any atom is -0.352 e. The van der Waals surface area contributed by atoms with Gasteiger partial charge in [0.05, 0.1) is 12.1 Å². The molecule has 0 aromatic heterocycles. The van der Waals surface area contributed by atoms with Crippen LogP contribution < -0.4 is 27.8 Å². The van der Waals surface area contributed by atoms with E-state index >= 15 is 0 Å². The average Bonchev–Trinajstić information content (AvgIpc) is 2.48. The fraction of sp³-hybridized carbons (Fsp3) is 0.900. The first kappa shape index (κ1) is 25.8. The highest BCUT2D eigenvalue weighted by Crippen LogP contribution is 2.28. The van der Waals surface area contributed by atoms with Crippen LogP contribution in [0, 0.1) is 17.3 Å². The minimum atomic E-state index is -0.579. The van der Waals surface area contributed by atoms with Crippen molar-refractivity contribution in [1.82, 2.24) is 10.6 Å². The number of nitrogens with two attached hydrogens (primary N) is 3. The van der Waals surface area contributed by atoms with Gasteiger partial charge in [0.25, 0.3) is 0 Å². The Labute approximate surface area is 165 Å². The van der Waals surface area contributed by atoms with E-state index in [1.54, 1.807) is 6.92 Å². The van der Waals surface area contributed by atoms with Crippen molar-refractivity contribution in [3.8, 4) is 0 Å². The lowest BCUT2D eigenvalue weighted by Crippen LogP contribution is -2.53. The molecule has 0 saturated heterocycles. The highest BCUT2D eigenvalue weighted by Gasteiger charge is 2.33. The van der Waals surface area contributed by atoms with Gasteiger partial charge in [-0.3, -0.25) is 9.59 Å². The number of carbonyl (C=O) groups is 2. The third-order valence-electron chi connectivity index (χ3n) is 4.99. The Bertz CT molecular complexity index is 473. The zero-order valence-corrected chi connectivity index (χ0v) is 18.5. The van der Waals surface area contributed by atoms with E-state index in [-0.39, 0.29) is 47.2 Å². The van der Waals surface area contributed by atoms with E-state index in [9.17, 15) is 9.59 Å². The van der Waals surface area contributed by atoms with Crippen molar-refractivity contribution in [2.24, 2.45) is 34.5 Å². The van der Waals surface area contributed by atoms with Crippen LogP contribution in [0.25, 0.3) is 0 Å². The Morgan fingerprint density at radius 2 is 1.33 bits per heavy atom. The van der Waals surface area contributed by atoms with Gasteiger partial charge in [0.1, 0.15) is 0 Å². The van der Waals surface area contributed by atoms with E-state index in [1.165, 1.54) is 0 Å². The zero-order chi connectivity index (χ0) is 21.5. The summed E-state index contributed by atoms with van der Waals surface area (Å²) in [6.45, 7) is 15.8. The molecule has 0 aliphatic heterocycles. The van der Waals surface area contributed by atoms with Crippen LogP contribution in [0.15, 0.2) is 0 Å². The van der Waals surface area contributed by atoms with E-state index < -0.39 is 12.1 Å². The number of amides is 2. The summed E-state index contributed by atoms with van der Waals surface area (Å²) < 4.78 is 0. The molecule has 0 aromatic carbocycles. The number of rotatable bonds is 10. The molecule has 2 amide bonds. The molecule has 0 spiro atoms. The quantitative estimate of drug-likeness (QED) is 0.383. The van der Waals surface area contributed by atoms with Gasteiger partial charge in [0.2, 0.25) is 11.8 Å². The van der Waals surface area contributed by atoms with Gasteiger partial charge in [-0.15, -0.1) is 0 Å². The first-order chi connectivity index (χ1) is 12.2. The second kappa shape index (κ2) is 11.0. The molecule has 0 fully saturated rings. The molecule has 7 nitrogen and oxygen atoms in total. The molecule has 7 heteroatoms. The third-order valence-corrected chi connectivity index (χ3v) is 4.99. The Hall–Kier alpha value is -1.18. The summed E-state index contributed by atoms with van der Waals surface area (Å²) in [6, 6.07) is -1.23. The van der Waals surface area contributed by atoms with Gasteiger partial charge in [-0.1, -0.05) is 34.6 Å². The molecule has 0 rings (SSSR count). The second-order valence-corrected chi connectivity index (χ2v) is 9.48. The summed E-state index contributed by atoms with van der Waals surface area (Å²) in [7, 11) is 0. The lowest BCUT2D eigenvalue weighted by atomic mass is 9.77.